The van der Waals surface area contributed by atoms with E-state index in [9.17, 15) is 9.18 Å². The summed E-state index contributed by atoms with van der Waals surface area (Å²) in [5.41, 5.74) is -0.510. The number of ether oxygens (including phenoxy) is 1. The zero-order chi connectivity index (χ0) is 11.6. The van der Waals surface area contributed by atoms with Crippen LogP contribution in [0.3, 0.4) is 0 Å². The summed E-state index contributed by atoms with van der Waals surface area (Å²) in [5, 5.41) is 0. The van der Waals surface area contributed by atoms with Crippen LogP contribution in [-0.2, 0) is 4.74 Å². The first-order valence-corrected chi connectivity index (χ1v) is 5.40. The molecule has 0 spiro atoms. The lowest BCUT2D eigenvalue weighted by atomic mass is 9.99. The van der Waals surface area contributed by atoms with Gasteiger partial charge in [0.15, 0.2) is 0 Å². The number of rotatable bonds is 0. The van der Waals surface area contributed by atoms with Crippen LogP contribution in [0, 0.1) is 5.92 Å². The van der Waals surface area contributed by atoms with Crippen LogP contribution in [0.1, 0.15) is 34.1 Å². The molecule has 1 aliphatic heterocycles. The van der Waals surface area contributed by atoms with E-state index in [0.717, 1.165) is 0 Å². The maximum Gasteiger partial charge on any atom is 0.410 e. The fourth-order valence-corrected chi connectivity index (χ4v) is 1.75. The van der Waals surface area contributed by atoms with Crippen LogP contribution in [0.5, 0.6) is 0 Å². The molecule has 15 heavy (non-hydrogen) atoms. The quantitative estimate of drug-likeness (QED) is 0.624. The van der Waals surface area contributed by atoms with E-state index >= 15 is 0 Å². The second-order valence-electron chi connectivity index (χ2n) is 5.32. The summed E-state index contributed by atoms with van der Waals surface area (Å²) < 4.78 is 18.4. The summed E-state index contributed by atoms with van der Waals surface area (Å²) in [6.07, 6.45) is -0.780. The van der Waals surface area contributed by atoms with E-state index in [1.54, 1.807) is 0 Å². The Kier molecular flexibility index (Phi) is 3.58. The number of alkyl halides is 1. The molecule has 1 saturated heterocycles. The summed E-state index contributed by atoms with van der Waals surface area (Å²) in [6.45, 7) is 8.14. The Bertz CT molecular complexity index is 227. The van der Waals surface area contributed by atoms with E-state index in [1.807, 2.05) is 27.7 Å². The number of carbonyl (C=O) groups excluding carboxylic acids is 1. The van der Waals surface area contributed by atoms with Crippen molar-refractivity contribution in [2.24, 2.45) is 5.92 Å². The van der Waals surface area contributed by atoms with Crippen molar-refractivity contribution in [2.75, 3.05) is 13.1 Å². The first-order valence-electron chi connectivity index (χ1n) is 5.40. The summed E-state index contributed by atoms with van der Waals surface area (Å²) in [7, 11) is 0. The highest BCUT2D eigenvalue weighted by molar-refractivity contribution is 5.68. The van der Waals surface area contributed by atoms with Crippen molar-refractivity contribution >= 4 is 6.09 Å². The fourth-order valence-electron chi connectivity index (χ4n) is 1.75. The third kappa shape index (κ3) is 4.06. The van der Waals surface area contributed by atoms with Gasteiger partial charge in [0.2, 0.25) is 0 Å². The van der Waals surface area contributed by atoms with E-state index in [2.05, 4.69) is 0 Å². The smallest absolute Gasteiger partial charge is 0.410 e. The summed E-state index contributed by atoms with van der Waals surface area (Å²) in [5.74, 6) is 0.210. The van der Waals surface area contributed by atoms with Gasteiger partial charge in [0.05, 0.1) is 6.54 Å². The van der Waals surface area contributed by atoms with E-state index in [1.165, 1.54) is 4.90 Å². The van der Waals surface area contributed by atoms with Crippen molar-refractivity contribution in [1.82, 2.24) is 4.90 Å². The largest absolute Gasteiger partial charge is 0.444 e. The van der Waals surface area contributed by atoms with Crippen LogP contribution < -0.4 is 0 Å². The van der Waals surface area contributed by atoms with Crippen molar-refractivity contribution in [1.29, 1.82) is 0 Å². The Hall–Kier alpha value is -0.800. The van der Waals surface area contributed by atoms with Crippen LogP contribution in [0.15, 0.2) is 0 Å². The summed E-state index contributed by atoms with van der Waals surface area (Å²) in [4.78, 5) is 13.1. The molecule has 0 saturated carbocycles. The number of carbonyl (C=O) groups is 1. The predicted octanol–water partition coefficient (Wildman–Crippen LogP) is 2.60. The number of hydrogen-bond acceptors (Lipinski definition) is 2. The lowest BCUT2D eigenvalue weighted by molar-refractivity contribution is 0.00736. The number of likely N-dealkylation sites (tertiary alicyclic amines) is 1. The third-order valence-corrected chi connectivity index (χ3v) is 2.26. The molecule has 4 heteroatoms. The lowest BCUT2D eigenvalue weighted by Gasteiger charge is -2.34. The zero-order valence-electron chi connectivity index (χ0n) is 9.92. The number of nitrogens with zero attached hydrogens (tertiary/aromatic N) is 1. The standard InChI is InChI=1S/C11H20FNO2/c1-8-5-9(12)7-13(6-8)10(14)15-11(2,3)4/h8-9H,5-7H2,1-4H3. The van der Waals surface area contributed by atoms with Gasteiger partial charge >= 0.3 is 6.09 Å². The molecule has 3 nitrogen and oxygen atoms in total. The maximum atomic E-state index is 13.2. The topological polar surface area (TPSA) is 29.5 Å². The Morgan fingerprint density at radius 2 is 2.00 bits per heavy atom. The van der Waals surface area contributed by atoms with Gasteiger partial charge < -0.3 is 9.64 Å². The molecule has 2 atom stereocenters. The molecule has 0 aromatic rings. The average molecular weight is 217 g/mol. The van der Waals surface area contributed by atoms with Crippen molar-refractivity contribution in [2.45, 2.75) is 45.9 Å². The predicted molar refractivity (Wildman–Crippen MR) is 56.5 cm³/mol. The van der Waals surface area contributed by atoms with Gasteiger partial charge in [0.1, 0.15) is 11.8 Å². The van der Waals surface area contributed by atoms with Crippen molar-refractivity contribution in [3.63, 3.8) is 0 Å². The minimum atomic E-state index is -0.915. The zero-order valence-corrected chi connectivity index (χ0v) is 9.92. The van der Waals surface area contributed by atoms with Crippen LogP contribution in [0.2, 0.25) is 0 Å². The van der Waals surface area contributed by atoms with Gasteiger partial charge in [-0.2, -0.15) is 0 Å². The molecule has 1 amide bonds. The molecule has 0 aromatic heterocycles. The van der Waals surface area contributed by atoms with Crippen LogP contribution in [-0.4, -0.2) is 35.9 Å². The van der Waals surface area contributed by atoms with Crippen molar-refractivity contribution in [3.05, 3.63) is 0 Å². The minimum Gasteiger partial charge on any atom is -0.444 e. The average Bonchev–Trinajstić information content (AvgIpc) is 1.98. The first-order chi connectivity index (χ1) is 6.78. The molecule has 1 rings (SSSR count). The van der Waals surface area contributed by atoms with Crippen molar-refractivity contribution in [3.8, 4) is 0 Å². The highest BCUT2D eigenvalue weighted by Crippen LogP contribution is 2.20. The van der Waals surface area contributed by atoms with Gasteiger partial charge in [-0.15, -0.1) is 0 Å². The Balaban J connectivity index is 2.52. The molecule has 2 unspecified atom stereocenters. The van der Waals surface area contributed by atoms with E-state index in [-0.39, 0.29) is 12.5 Å². The van der Waals surface area contributed by atoms with E-state index in [4.69, 9.17) is 4.74 Å². The molecular weight excluding hydrogens is 197 g/mol. The fraction of sp³-hybridized carbons (Fsp3) is 0.909. The Labute approximate surface area is 90.6 Å². The SMILES string of the molecule is CC1CC(F)CN(C(=O)OC(C)(C)C)C1. The Morgan fingerprint density at radius 1 is 1.40 bits per heavy atom. The lowest BCUT2D eigenvalue weighted by Crippen LogP contribution is -2.46. The van der Waals surface area contributed by atoms with Gasteiger partial charge in [0.25, 0.3) is 0 Å². The molecule has 1 aliphatic rings. The molecule has 0 radical (unpaired) electrons. The minimum absolute atomic E-state index is 0.166. The number of piperidine rings is 1. The number of amides is 1. The highest BCUT2D eigenvalue weighted by atomic mass is 19.1. The van der Waals surface area contributed by atoms with Crippen molar-refractivity contribution < 1.29 is 13.9 Å². The Morgan fingerprint density at radius 3 is 2.47 bits per heavy atom. The number of hydrogen-bond donors (Lipinski definition) is 0. The maximum absolute atomic E-state index is 13.2. The molecule has 0 aliphatic carbocycles. The number of halogens is 1. The van der Waals surface area contributed by atoms with Gasteiger partial charge in [0, 0.05) is 6.54 Å². The molecule has 1 heterocycles. The summed E-state index contributed by atoms with van der Waals surface area (Å²) in [6, 6.07) is 0. The third-order valence-electron chi connectivity index (χ3n) is 2.26. The van der Waals surface area contributed by atoms with Gasteiger partial charge in [-0.05, 0) is 33.1 Å². The second kappa shape index (κ2) is 4.37. The van der Waals surface area contributed by atoms with Crippen LogP contribution in [0.4, 0.5) is 9.18 Å². The molecule has 0 aromatic carbocycles. The molecule has 88 valence electrons. The first kappa shape index (κ1) is 12.3. The van der Waals surface area contributed by atoms with Gasteiger partial charge in [-0.25, -0.2) is 9.18 Å². The normalized spacial score (nSPS) is 27.7. The van der Waals surface area contributed by atoms with Gasteiger partial charge in [-0.3, -0.25) is 0 Å². The van der Waals surface area contributed by atoms with Gasteiger partial charge in [-0.1, -0.05) is 6.92 Å². The molecule has 0 bridgehead atoms. The molecular formula is C11H20FNO2. The molecule has 0 N–H and O–H groups in total. The van der Waals surface area contributed by atoms with E-state index < -0.39 is 17.9 Å². The monoisotopic (exact) mass is 217 g/mol. The highest BCUT2D eigenvalue weighted by Gasteiger charge is 2.30. The summed E-state index contributed by atoms with van der Waals surface area (Å²) >= 11 is 0. The second-order valence-corrected chi connectivity index (χ2v) is 5.32. The van der Waals surface area contributed by atoms with Crippen LogP contribution in [0.25, 0.3) is 0 Å². The van der Waals surface area contributed by atoms with E-state index in [0.29, 0.717) is 13.0 Å². The van der Waals surface area contributed by atoms with Crippen LogP contribution >= 0.6 is 0 Å². The molecule has 1 fully saturated rings.